The van der Waals surface area contributed by atoms with Crippen molar-refractivity contribution >= 4 is 5.91 Å². The van der Waals surface area contributed by atoms with Crippen molar-refractivity contribution in [2.45, 2.75) is 58.5 Å². The number of hydrogen-bond donors (Lipinski definition) is 1. The van der Waals surface area contributed by atoms with Crippen molar-refractivity contribution < 1.29 is 14.3 Å². The van der Waals surface area contributed by atoms with Gasteiger partial charge in [0.05, 0.1) is 24.8 Å². The number of ether oxygens (including phenoxy) is 2. The molecule has 0 bridgehead atoms. The molecule has 136 valence electrons. The van der Waals surface area contributed by atoms with Gasteiger partial charge in [0.1, 0.15) is 6.33 Å². The summed E-state index contributed by atoms with van der Waals surface area (Å²) < 4.78 is 12.7. The number of aryl methyl sites for hydroxylation is 1. The average molecular weight is 339 g/mol. The van der Waals surface area contributed by atoms with Crippen molar-refractivity contribution in [3.8, 4) is 0 Å². The van der Waals surface area contributed by atoms with E-state index < -0.39 is 0 Å². The van der Waals surface area contributed by atoms with Crippen molar-refractivity contribution in [1.82, 2.24) is 25.0 Å². The predicted octanol–water partition coefficient (Wildman–Crippen LogP) is 0.429. The van der Waals surface area contributed by atoms with Crippen molar-refractivity contribution in [1.29, 1.82) is 0 Å². The van der Waals surface area contributed by atoms with Gasteiger partial charge in [-0.1, -0.05) is 0 Å². The number of morpholine rings is 1. The Morgan fingerprint density at radius 2 is 2.17 bits per heavy atom. The van der Waals surface area contributed by atoms with Gasteiger partial charge in [-0.2, -0.15) is 0 Å². The fourth-order valence-electron chi connectivity index (χ4n) is 3.00. The molecule has 1 aromatic heterocycles. The zero-order valence-corrected chi connectivity index (χ0v) is 15.1. The van der Waals surface area contributed by atoms with Crippen LogP contribution in [0.25, 0.3) is 0 Å². The minimum Gasteiger partial charge on any atom is -0.385 e. The number of carbonyl (C=O) groups excluding carboxylic acids is 1. The largest absolute Gasteiger partial charge is 0.385 e. The predicted molar refractivity (Wildman–Crippen MR) is 89.4 cm³/mol. The molecule has 0 radical (unpaired) electrons. The third-order valence-corrected chi connectivity index (χ3v) is 4.24. The summed E-state index contributed by atoms with van der Waals surface area (Å²) in [6, 6.07) is -0.191. The van der Waals surface area contributed by atoms with Crippen molar-refractivity contribution in [2.24, 2.45) is 0 Å². The van der Waals surface area contributed by atoms with E-state index in [-0.39, 0.29) is 24.2 Å². The van der Waals surface area contributed by atoms with E-state index in [1.165, 1.54) is 0 Å². The molecule has 1 unspecified atom stereocenters. The van der Waals surface area contributed by atoms with Gasteiger partial charge in [-0.05, 0) is 27.2 Å². The minimum atomic E-state index is -0.191. The van der Waals surface area contributed by atoms with Gasteiger partial charge in [-0.3, -0.25) is 9.69 Å². The molecule has 3 atom stereocenters. The Morgan fingerprint density at radius 3 is 2.83 bits per heavy atom. The summed E-state index contributed by atoms with van der Waals surface area (Å²) in [5.74, 6) is 0.762. The van der Waals surface area contributed by atoms with Crippen LogP contribution in [0.5, 0.6) is 0 Å². The Hall–Kier alpha value is -1.51. The van der Waals surface area contributed by atoms with Gasteiger partial charge in [0.15, 0.2) is 5.82 Å². The lowest BCUT2D eigenvalue weighted by atomic mass is 10.1. The Labute approximate surface area is 143 Å². The van der Waals surface area contributed by atoms with E-state index in [1.54, 1.807) is 13.4 Å². The van der Waals surface area contributed by atoms with E-state index in [4.69, 9.17) is 9.47 Å². The number of aromatic nitrogens is 3. The van der Waals surface area contributed by atoms with Crippen LogP contribution in [0.2, 0.25) is 0 Å². The highest BCUT2D eigenvalue weighted by atomic mass is 16.5. The normalized spacial score (nSPS) is 23.2. The van der Waals surface area contributed by atoms with Gasteiger partial charge in [0, 0.05) is 33.4 Å². The molecule has 8 nitrogen and oxygen atoms in total. The van der Waals surface area contributed by atoms with Crippen molar-refractivity contribution in [3.63, 3.8) is 0 Å². The number of carbonyl (C=O) groups is 1. The molecular formula is C16H29N5O3. The molecule has 1 aromatic rings. The number of nitrogens with one attached hydrogen (secondary N) is 1. The highest BCUT2D eigenvalue weighted by Crippen LogP contribution is 2.13. The Kier molecular flexibility index (Phi) is 7.14. The number of nitrogens with zero attached hydrogens (tertiary/aromatic N) is 4. The molecule has 0 aromatic carbocycles. The molecule has 24 heavy (non-hydrogen) atoms. The van der Waals surface area contributed by atoms with Gasteiger partial charge in [-0.25, -0.2) is 0 Å². The number of amides is 1. The molecule has 0 saturated carbocycles. The molecule has 1 fully saturated rings. The fraction of sp³-hybridized carbons (Fsp3) is 0.812. The number of methoxy groups -OCH3 is 1. The average Bonchev–Trinajstić information content (AvgIpc) is 2.98. The molecule has 1 amide bonds. The molecule has 0 aliphatic carbocycles. The monoisotopic (exact) mass is 339 g/mol. The highest BCUT2D eigenvalue weighted by Gasteiger charge is 2.29. The smallest absolute Gasteiger partial charge is 0.237 e. The van der Waals surface area contributed by atoms with E-state index in [0.717, 1.165) is 31.9 Å². The van der Waals surface area contributed by atoms with Gasteiger partial charge < -0.3 is 19.4 Å². The second-order valence-corrected chi connectivity index (χ2v) is 6.39. The lowest BCUT2D eigenvalue weighted by Crippen LogP contribution is -2.53. The maximum absolute atomic E-state index is 12.5. The summed E-state index contributed by atoms with van der Waals surface area (Å²) in [5, 5.41) is 11.0. The second-order valence-electron chi connectivity index (χ2n) is 6.39. The standard InChI is InChI=1S/C16H29N5O3/c1-12-9-21(10-13(2)24-12)14(3)16(22)17-8-15-19-18-11-20(15)6-5-7-23-4/h11-14H,5-10H2,1-4H3,(H,17,22)/t12-,13+,14?. The van der Waals surface area contributed by atoms with Crippen LogP contribution in [0, 0.1) is 0 Å². The van der Waals surface area contributed by atoms with E-state index >= 15 is 0 Å². The molecule has 1 saturated heterocycles. The summed E-state index contributed by atoms with van der Waals surface area (Å²) in [6.45, 7) is 9.40. The zero-order chi connectivity index (χ0) is 17.5. The van der Waals surface area contributed by atoms with E-state index in [0.29, 0.717) is 13.2 Å². The van der Waals surface area contributed by atoms with Gasteiger partial charge in [-0.15, -0.1) is 10.2 Å². The molecule has 1 N–H and O–H groups in total. The highest BCUT2D eigenvalue weighted by molar-refractivity contribution is 5.81. The first-order valence-electron chi connectivity index (χ1n) is 8.54. The van der Waals surface area contributed by atoms with Crippen LogP contribution in [0.4, 0.5) is 0 Å². The molecule has 1 aliphatic heterocycles. The van der Waals surface area contributed by atoms with Crippen LogP contribution in [-0.2, 0) is 27.4 Å². The molecule has 8 heteroatoms. The minimum absolute atomic E-state index is 0.00254. The molecule has 2 rings (SSSR count). The first kappa shape index (κ1) is 18.8. The van der Waals surface area contributed by atoms with E-state index in [2.05, 4.69) is 20.4 Å². The Balaban J connectivity index is 1.83. The van der Waals surface area contributed by atoms with Crippen LogP contribution in [0.3, 0.4) is 0 Å². The van der Waals surface area contributed by atoms with Crippen LogP contribution >= 0.6 is 0 Å². The maximum atomic E-state index is 12.5. The summed E-state index contributed by atoms with van der Waals surface area (Å²) in [4.78, 5) is 14.6. The topological polar surface area (TPSA) is 81.5 Å². The van der Waals surface area contributed by atoms with Gasteiger partial charge >= 0.3 is 0 Å². The maximum Gasteiger partial charge on any atom is 0.237 e. The van der Waals surface area contributed by atoms with Crippen molar-refractivity contribution in [3.05, 3.63) is 12.2 Å². The summed E-state index contributed by atoms with van der Waals surface area (Å²) >= 11 is 0. The van der Waals surface area contributed by atoms with Crippen LogP contribution in [0.15, 0.2) is 6.33 Å². The van der Waals surface area contributed by atoms with E-state index in [1.807, 2.05) is 25.3 Å². The third kappa shape index (κ3) is 5.25. The lowest BCUT2D eigenvalue weighted by Gasteiger charge is -2.38. The van der Waals surface area contributed by atoms with Crippen LogP contribution in [0.1, 0.15) is 33.0 Å². The first-order chi connectivity index (χ1) is 11.5. The summed E-state index contributed by atoms with van der Waals surface area (Å²) in [5.41, 5.74) is 0. The Morgan fingerprint density at radius 1 is 1.46 bits per heavy atom. The van der Waals surface area contributed by atoms with Crippen LogP contribution < -0.4 is 5.32 Å². The summed E-state index contributed by atoms with van der Waals surface area (Å²) in [7, 11) is 1.68. The number of hydrogen-bond acceptors (Lipinski definition) is 6. The fourth-order valence-corrected chi connectivity index (χ4v) is 3.00. The zero-order valence-electron chi connectivity index (χ0n) is 15.1. The lowest BCUT2D eigenvalue weighted by molar-refractivity contribution is -0.132. The van der Waals surface area contributed by atoms with Crippen LogP contribution in [-0.4, -0.2) is 70.6 Å². The summed E-state index contributed by atoms with van der Waals surface area (Å²) in [6.07, 6.45) is 2.86. The second kappa shape index (κ2) is 9.10. The number of rotatable bonds is 8. The first-order valence-corrected chi connectivity index (χ1v) is 8.54. The molecule has 2 heterocycles. The molecular weight excluding hydrogens is 310 g/mol. The SMILES string of the molecule is COCCCn1cnnc1CNC(=O)C(C)N1C[C@@H](C)O[C@@H](C)C1. The quantitative estimate of drug-likeness (QED) is 0.692. The Bertz CT molecular complexity index is 512. The van der Waals surface area contributed by atoms with Gasteiger partial charge in [0.25, 0.3) is 0 Å². The molecule has 0 spiro atoms. The molecule has 1 aliphatic rings. The van der Waals surface area contributed by atoms with E-state index in [9.17, 15) is 4.79 Å². The third-order valence-electron chi connectivity index (χ3n) is 4.24. The van der Waals surface area contributed by atoms with Gasteiger partial charge in [0.2, 0.25) is 5.91 Å². The van der Waals surface area contributed by atoms with Crippen molar-refractivity contribution in [2.75, 3.05) is 26.8 Å².